The Bertz CT molecular complexity index is 1420. The Morgan fingerprint density at radius 3 is 2.54 bits per heavy atom. The summed E-state index contributed by atoms with van der Waals surface area (Å²) >= 11 is 0. The van der Waals surface area contributed by atoms with Crippen LogP contribution in [0, 0.1) is 0 Å². The van der Waals surface area contributed by atoms with Gasteiger partial charge in [-0.25, -0.2) is 13.4 Å². The van der Waals surface area contributed by atoms with E-state index in [1.54, 1.807) is 47.8 Å². The number of carbonyl (C=O) groups excluding carboxylic acids is 1. The Hall–Kier alpha value is -3.27. The van der Waals surface area contributed by atoms with Crippen molar-refractivity contribution in [2.45, 2.75) is 55.6 Å². The van der Waals surface area contributed by atoms with Gasteiger partial charge in [-0.05, 0) is 74.6 Å². The summed E-state index contributed by atoms with van der Waals surface area (Å²) in [6, 6.07) is 17.6. The number of methoxy groups -OCH3 is 1. The minimum absolute atomic E-state index is 0.00883. The van der Waals surface area contributed by atoms with Crippen LogP contribution in [0.15, 0.2) is 65.6 Å². The van der Waals surface area contributed by atoms with Crippen LogP contribution in [0.4, 0.5) is 5.82 Å². The quantitative estimate of drug-likeness (QED) is 0.462. The molecule has 1 aliphatic carbocycles. The summed E-state index contributed by atoms with van der Waals surface area (Å²) < 4.78 is 32.9. The van der Waals surface area contributed by atoms with Gasteiger partial charge in [0.05, 0.1) is 29.7 Å². The smallest absolute Gasteiger partial charge is 0.243 e. The Kier molecular flexibility index (Phi) is 6.78. The molecule has 2 fully saturated rings. The molecule has 2 N–H and O–H groups in total. The van der Waals surface area contributed by atoms with Crippen LogP contribution in [0.2, 0.25) is 0 Å². The number of aromatic nitrogens is 1. The van der Waals surface area contributed by atoms with Gasteiger partial charge in [-0.3, -0.25) is 4.79 Å². The average Bonchev–Trinajstić information content (AvgIpc) is 3.62. The minimum Gasteiger partial charge on any atom is -0.496 e. The molecule has 1 atom stereocenters. The van der Waals surface area contributed by atoms with Crippen molar-refractivity contribution >= 4 is 21.7 Å². The van der Waals surface area contributed by atoms with E-state index < -0.39 is 15.4 Å². The molecule has 1 saturated heterocycles. The molecule has 37 heavy (non-hydrogen) atoms. The molecule has 194 valence electrons. The number of benzene rings is 2. The fraction of sp³-hybridized carbons (Fsp3) is 0.357. The third-order valence-corrected chi connectivity index (χ3v) is 9.46. The maximum absolute atomic E-state index is 13.3. The highest BCUT2D eigenvalue weighted by Crippen LogP contribution is 2.49. The van der Waals surface area contributed by atoms with Gasteiger partial charge in [-0.1, -0.05) is 24.3 Å². The van der Waals surface area contributed by atoms with E-state index in [-0.39, 0.29) is 23.5 Å². The molecule has 1 aromatic heterocycles. The van der Waals surface area contributed by atoms with Crippen LogP contribution in [0.25, 0.3) is 11.3 Å². The molecule has 3 aromatic rings. The second kappa shape index (κ2) is 9.89. The largest absolute Gasteiger partial charge is 0.496 e. The van der Waals surface area contributed by atoms with Gasteiger partial charge in [-0.15, -0.1) is 0 Å². The lowest BCUT2D eigenvalue weighted by Gasteiger charge is -2.21. The fourth-order valence-electron chi connectivity index (χ4n) is 5.07. The van der Waals surface area contributed by atoms with Crippen molar-refractivity contribution < 1.29 is 23.1 Å². The topological polar surface area (TPSA) is 109 Å². The zero-order valence-electron chi connectivity index (χ0n) is 21.0. The zero-order valence-corrected chi connectivity index (χ0v) is 21.8. The number of rotatable bonds is 8. The van der Waals surface area contributed by atoms with Gasteiger partial charge in [0.15, 0.2) is 0 Å². The molecule has 2 heterocycles. The van der Waals surface area contributed by atoms with Crippen LogP contribution in [-0.2, 0) is 26.8 Å². The van der Waals surface area contributed by atoms with E-state index in [9.17, 15) is 18.3 Å². The monoisotopic (exact) mass is 521 g/mol. The van der Waals surface area contributed by atoms with E-state index in [4.69, 9.17) is 4.74 Å². The van der Waals surface area contributed by atoms with E-state index in [0.717, 1.165) is 24.0 Å². The van der Waals surface area contributed by atoms with Crippen LogP contribution in [0.3, 0.4) is 0 Å². The Morgan fingerprint density at radius 2 is 1.92 bits per heavy atom. The molecule has 5 rings (SSSR count). The van der Waals surface area contributed by atoms with Crippen LogP contribution in [0.1, 0.15) is 43.7 Å². The van der Waals surface area contributed by atoms with Crippen LogP contribution in [-0.4, -0.2) is 48.4 Å². The summed E-state index contributed by atoms with van der Waals surface area (Å²) in [7, 11) is -1.98. The van der Waals surface area contributed by atoms with Gasteiger partial charge in [0.25, 0.3) is 0 Å². The highest BCUT2D eigenvalue weighted by molar-refractivity contribution is 7.89. The average molecular weight is 522 g/mol. The molecule has 9 heteroatoms. The first kappa shape index (κ1) is 25.4. The van der Waals surface area contributed by atoms with Crippen molar-refractivity contribution in [3.8, 4) is 17.0 Å². The van der Waals surface area contributed by atoms with Crippen molar-refractivity contribution in [3.63, 3.8) is 0 Å². The molecule has 0 unspecified atom stereocenters. The van der Waals surface area contributed by atoms with E-state index in [0.29, 0.717) is 42.2 Å². The number of ether oxygens (including phenoxy) is 1. The van der Waals surface area contributed by atoms with Crippen molar-refractivity contribution in [1.82, 2.24) is 9.29 Å². The third-order valence-electron chi connectivity index (χ3n) is 7.43. The zero-order chi connectivity index (χ0) is 26.2. The second-order valence-corrected chi connectivity index (χ2v) is 11.7. The number of nitrogens with one attached hydrogen (secondary N) is 1. The molecule has 0 spiro atoms. The predicted octanol–water partition coefficient (Wildman–Crippen LogP) is 4.09. The number of carbonyl (C=O) groups is 1. The highest BCUT2D eigenvalue weighted by Gasteiger charge is 2.51. The second-order valence-electron chi connectivity index (χ2n) is 9.76. The molecule has 1 amide bonds. The number of anilines is 1. The lowest BCUT2D eigenvalue weighted by molar-refractivity contribution is -0.118. The summed E-state index contributed by atoms with van der Waals surface area (Å²) in [5, 5.41) is 12.6. The fourth-order valence-corrected chi connectivity index (χ4v) is 6.77. The van der Waals surface area contributed by atoms with Crippen molar-refractivity contribution in [2.75, 3.05) is 19.0 Å². The number of nitrogens with zero attached hydrogens (tertiary/aromatic N) is 2. The van der Waals surface area contributed by atoms with Crippen LogP contribution in [0.5, 0.6) is 5.75 Å². The van der Waals surface area contributed by atoms with Crippen molar-refractivity contribution in [3.05, 3.63) is 71.8 Å². The Balaban J connectivity index is 1.33. The summed E-state index contributed by atoms with van der Waals surface area (Å²) in [6.45, 7) is 2.32. The van der Waals surface area contributed by atoms with E-state index in [1.807, 2.05) is 31.2 Å². The number of sulfonamides is 1. The van der Waals surface area contributed by atoms with E-state index >= 15 is 0 Å². The van der Waals surface area contributed by atoms with Gasteiger partial charge in [0, 0.05) is 23.7 Å². The number of aliphatic hydroxyl groups is 1. The highest BCUT2D eigenvalue weighted by atomic mass is 32.2. The number of amides is 1. The minimum atomic E-state index is -3.52. The number of hydrogen-bond acceptors (Lipinski definition) is 6. The summed E-state index contributed by atoms with van der Waals surface area (Å²) in [6.07, 6.45) is 3.17. The van der Waals surface area contributed by atoms with E-state index in [1.165, 1.54) is 0 Å². The first-order valence-corrected chi connectivity index (χ1v) is 13.9. The van der Waals surface area contributed by atoms with E-state index in [2.05, 4.69) is 10.3 Å². The van der Waals surface area contributed by atoms with Gasteiger partial charge >= 0.3 is 0 Å². The van der Waals surface area contributed by atoms with Crippen LogP contribution < -0.4 is 10.1 Å². The SMILES string of the molecule is COc1ccc(C2(C(=O)Nc3cccc(-c4ccc(S(=O)(=O)N5CCC[C@@H]5C)cc4)n3)CC2)cc1CO. The van der Waals surface area contributed by atoms with Crippen molar-refractivity contribution in [2.24, 2.45) is 0 Å². The normalized spacial score (nSPS) is 18.9. The van der Waals surface area contributed by atoms with Gasteiger partial charge in [-0.2, -0.15) is 4.31 Å². The molecule has 1 saturated carbocycles. The standard InChI is InChI=1S/C28H31N3O5S/c1-19-5-4-16-31(19)37(34,35)23-11-8-20(9-12-23)24-6-3-7-26(29-24)30-27(33)28(14-15-28)22-10-13-25(36-2)21(17-22)18-32/h3,6-13,17,19,32H,4-5,14-16,18H2,1-2H3,(H,29,30,33)/t19-/m0/s1. The molecule has 2 aromatic carbocycles. The summed E-state index contributed by atoms with van der Waals surface area (Å²) in [5.74, 6) is 0.866. The molecule has 0 bridgehead atoms. The lowest BCUT2D eigenvalue weighted by atomic mass is 9.93. The number of hydrogen-bond donors (Lipinski definition) is 2. The maximum atomic E-state index is 13.3. The Morgan fingerprint density at radius 1 is 1.16 bits per heavy atom. The third kappa shape index (κ3) is 4.74. The van der Waals surface area contributed by atoms with Crippen LogP contribution >= 0.6 is 0 Å². The van der Waals surface area contributed by atoms with Gasteiger partial charge < -0.3 is 15.2 Å². The molecule has 2 aliphatic rings. The molecular weight excluding hydrogens is 490 g/mol. The molecule has 0 radical (unpaired) electrons. The molecule has 1 aliphatic heterocycles. The number of pyridine rings is 1. The van der Waals surface area contributed by atoms with Crippen molar-refractivity contribution in [1.29, 1.82) is 0 Å². The molecular formula is C28H31N3O5S. The lowest BCUT2D eigenvalue weighted by Crippen LogP contribution is -2.33. The number of aliphatic hydroxyl groups excluding tert-OH is 1. The predicted molar refractivity (Wildman–Crippen MR) is 141 cm³/mol. The maximum Gasteiger partial charge on any atom is 0.243 e. The molecule has 8 nitrogen and oxygen atoms in total. The first-order chi connectivity index (χ1) is 17.8. The van der Waals surface area contributed by atoms with Gasteiger partial charge in [0.2, 0.25) is 15.9 Å². The summed E-state index contributed by atoms with van der Waals surface area (Å²) in [4.78, 5) is 18.2. The summed E-state index contributed by atoms with van der Waals surface area (Å²) in [5.41, 5.74) is 2.22. The Labute approximate surface area is 217 Å². The van der Waals surface area contributed by atoms with Gasteiger partial charge in [0.1, 0.15) is 11.6 Å². The first-order valence-electron chi connectivity index (χ1n) is 12.5.